The first-order valence-electron chi connectivity index (χ1n) is 12.5. The fourth-order valence-electron chi connectivity index (χ4n) is 5.07. The lowest BCUT2D eigenvalue weighted by Crippen LogP contribution is -2.44. The zero-order chi connectivity index (χ0) is 26.3. The van der Waals surface area contributed by atoms with Crippen LogP contribution in [0.2, 0.25) is 0 Å². The molecule has 3 aromatic heterocycles. The number of hydrogen-bond donors (Lipinski definition) is 1. The minimum Gasteiger partial charge on any atom is -0.373 e. The van der Waals surface area contributed by atoms with E-state index in [1.165, 1.54) is 6.07 Å². The van der Waals surface area contributed by atoms with Gasteiger partial charge >= 0.3 is 0 Å². The number of aryl methyl sites for hydroxylation is 1. The van der Waals surface area contributed by atoms with Gasteiger partial charge in [0.2, 0.25) is 5.95 Å². The topological polar surface area (TPSA) is 81.0 Å². The Hall–Kier alpha value is -3.50. The molecule has 1 fully saturated rings. The fourth-order valence-corrected chi connectivity index (χ4v) is 5.07. The Morgan fingerprint density at radius 2 is 1.78 bits per heavy atom. The van der Waals surface area contributed by atoms with Gasteiger partial charge < -0.3 is 14.6 Å². The van der Waals surface area contributed by atoms with E-state index in [2.05, 4.69) is 44.0 Å². The first kappa shape index (κ1) is 25.2. The third kappa shape index (κ3) is 5.30. The average molecular weight is 508 g/mol. The highest BCUT2D eigenvalue weighted by atomic mass is 19.1. The Labute approximate surface area is 214 Å². The summed E-state index contributed by atoms with van der Waals surface area (Å²) in [5, 5.41) is 3.03. The summed E-state index contributed by atoms with van der Waals surface area (Å²) in [6.45, 7) is 12.5. The molecule has 0 bridgehead atoms. The van der Waals surface area contributed by atoms with Crippen molar-refractivity contribution in [2.45, 2.75) is 59.4 Å². The second kappa shape index (κ2) is 10.1. The molecule has 0 aliphatic carbocycles. The summed E-state index contributed by atoms with van der Waals surface area (Å²) in [5.41, 5.74) is 2.24. The number of rotatable bonds is 6. The van der Waals surface area contributed by atoms with E-state index in [1.807, 2.05) is 37.5 Å². The van der Waals surface area contributed by atoms with E-state index in [0.29, 0.717) is 22.7 Å². The van der Waals surface area contributed by atoms with Crippen molar-refractivity contribution in [2.75, 3.05) is 18.4 Å². The van der Waals surface area contributed by atoms with Crippen molar-refractivity contribution in [2.24, 2.45) is 0 Å². The lowest BCUT2D eigenvalue weighted by molar-refractivity contribution is -0.0705. The molecule has 1 saturated heterocycles. The molecule has 4 heterocycles. The molecule has 2 unspecified atom stereocenters. The molecule has 2 atom stereocenters. The summed E-state index contributed by atoms with van der Waals surface area (Å²) in [7, 11) is 0. The molecule has 1 aromatic carbocycles. The van der Waals surface area contributed by atoms with Crippen LogP contribution in [0.3, 0.4) is 0 Å². The molecule has 0 radical (unpaired) electrons. The number of benzene rings is 1. The largest absolute Gasteiger partial charge is 0.373 e. The van der Waals surface area contributed by atoms with Gasteiger partial charge in [-0.1, -0.05) is 6.07 Å². The van der Waals surface area contributed by atoms with E-state index in [9.17, 15) is 8.78 Å². The molecule has 0 amide bonds. The highest BCUT2D eigenvalue weighted by molar-refractivity contribution is 5.83. The molecule has 1 aliphatic rings. The van der Waals surface area contributed by atoms with Crippen LogP contribution < -0.4 is 5.32 Å². The lowest BCUT2D eigenvalue weighted by Gasteiger charge is -2.35. The number of ether oxygens (including phenoxy) is 1. The second-order valence-electron chi connectivity index (χ2n) is 9.97. The lowest BCUT2D eigenvalue weighted by atomic mass is 10.1. The van der Waals surface area contributed by atoms with Crippen LogP contribution in [0.25, 0.3) is 22.3 Å². The van der Waals surface area contributed by atoms with E-state index in [0.717, 1.165) is 31.4 Å². The maximum atomic E-state index is 14.9. The smallest absolute Gasteiger partial charge is 0.229 e. The zero-order valence-electron chi connectivity index (χ0n) is 21.7. The summed E-state index contributed by atoms with van der Waals surface area (Å²) in [6.07, 6.45) is 3.28. The van der Waals surface area contributed by atoms with Gasteiger partial charge in [0, 0.05) is 37.4 Å². The maximum Gasteiger partial charge on any atom is 0.229 e. The summed E-state index contributed by atoms with van der Waals surface area (Å²) >= 11 is 0. The number of nitrogens with one attached hydrogen (secondary N) is 1. The zero-order valence-corrected chi connectivity index (χ0v) is 21.7. The summed E-state index contributed by atoms with van der Waals surface area (Å²) in [6, 6.07) is 6.87. The number of imidazole rings is 1. The number of anilines is 2. The van der Waals surface area contributed by atoms with E-state index in [4.69, 9.17) is 4.74 Å². The van der Waals surface area contributed by atoms with Crippen molar-refractivity contribution < 1.29 is 13.5 Å². The minimum absolute atomic E-state index is 0.000337. The van der Waals surface area contributed by atoms with Gasteiger partial charge in [-0.15, -0.1) is 0 Å². The fraction of sp³-hybridized carbons (Fsp3) is 0.407. The highest BCUT2D eigenvalue weighted by Gasteiger charge is 2.22. The Bertz CT molecular complexity index is 1410. The normalized spacial score (nSPS) is 18.6. The van der Waals surface area contributed by atoms with Crippen LogP contribution in [0.4, 0.5) is 20.5 Å². The molecular weight excluding hydrogens is 476 g/mol. The van der Waals surface area contributed by atoms with Crippen LogP contribution in [0.1, 0.15) is 45.1 Å². The molecular formula is C27H31F2N7O. The Balaban J connectivity index is 1.37. The number of aromatic nitrogens is 5. The van der Waals surface area contributed by atoms with Gasteiger partial charge in [0.1, 0.15) is 22.9 Å². The van der Waals surface area contributed by atoms with Crippen LogP contribution in [0.15, 0.2) is 36.7 Å². The molecule has 1 N–H and O–H groups in total. The van der Waals surface area contributed by atoms with Crippen molar-refractivity contribution in [1.82, 2.24) is 29.4 Å². The predicted octanol–water partition coefficient (Wildman–Crippen LogP) is 5.41. The van der Waals surface area contributed by atoms with E-state index in [1.54, 1.807) is 12.3 Å². The third-order valence-corrected chi connectivity index (χ3v) is 6.43. The SMILES string of the molecule is Cc1nc2c(F)cc(-c3nc(Nc4ccc(CN5CC(C)OC(C)C5)cn4)ncc3F)cc2n1C(C)C. The molecule has 1 aliphatic heterocycles. The molecule has 4 aromatic rings. The van der Waals surface area contributed by atoms with Gasteiger partial charge in [0.05, 0.1) is 23.9 Å². The van der Waals surface area contributed by atoms with Crippen LogP contribution in [0.5, 0.6) is 0 Å². The molecule has 8 nitrogen and oxygen atoms in total. The van der Waals surface area contributed by atoms with Crippen molar-refractivity contribution in [3.8, 4) is 11.3 Å². The molecule has 37 heavy (non-hydrogen) atoms. The van der Waals surface area contributed by atoms with Crippen molar-refractivity contribution in [3.63, 3.8) is 0 Å². The standard InChI is InChI=1S/C27H31F2N7O/c1-15(2)36-18(5)32-26-21(28)8-20(9-23(26)36)25-22(29)11-31-27(34-25)33-24-7-6-19(10-30-24)14-35-12-16(3)37-17(4)13-35/h6-11,15-17H,12-14H2,1-5H3,(H,30,31,33,34). The van der Waals surface area contributed by atoms with Gasteiger partial charge in [0.15, 0.2) is 11.6 Å². The van der Waals surface area contributed by atoms with E-state index < -0.39 is 11.6 Å². The van der Waals surface area contributed by atoms with Crippen LogP contribution >= 0.6 is 0 Å². The summed E-state index contributed by atoms with van der Waals surface area (Å²) in [5.74, 6) is 0.221. The van der Waals surface area contributed by atoms with E-state index in [-0.39, 0.29) is 35.4 Å². The minimum atomic E-state index is -0.645. The average Bonchev–Trinajstić information content (AvgIpc) is 3.17. The van der Waals surface area contributed by atoms with Gasteiger partial charge in [-0.2, -0.15) is 0 Å². The number of pyridine rings is 1. The van der Waals surface area contributed by atoms with Crippen molar-refractivity contribution in [3.05, 3.63) is 59.7 Å². The number of fused-ring (bicyclic) bond motifs is 1. The molecule has 194 valence electrons. The second-order valence-corrected chi connectivity index (χ2v) is 9.97. The van der Waals surface area contributed by atoms with Crippen molar-refractivity contribution in [1.29, 1.82) is 0 Å². The first-order chi connectivity index (χ1) is 17.7. The highest BCUT2D eigenvalue weighted by Crippen LogP contribution is 2.30. The van der Waals surface area contributed by atoms with Gasteiger partial charge in [0.25, 0.3) is 0 Å². The van der Waals surface area contributed by atoms with Crippen LogP contribution in [0, 0.1) is 18.6 Å². The molecule has 10 heteroatoms. The van der Waals surface area contributed by atoms with Gasteiger partial charge in [-0.25, -0.2) is 28.7 Å². The van der Waals surface area contributed by atoms with E-state index >= 15 is 0 Å². The Morgan fingerprint density at radius 3 is 2.46 bits per heavy atom. The van der Waals surface area contributed by atoms with Gasteiger partial charge in [-0.05, 0) is 58.4 Å². The van der Waals surface area contributed by atoms with Gasteiger partial charge in [-0.3, -0.25) is 4.90 Å². The quantitative estimate of drug-likeness (QED) is 0.374. The molecule has 0 spiro atoms. The number of hydrogen-bond acceptors (Lipinski definition) is 7. The molecule has 5 rings (SSSR count). The monoisotopic (exact) mass is 507 g/mol. The number of morpholine rings is 1. The number of nitrogens with zero attached hydrogens (tertiary/aromatic N) is 6. The Kier molecular flexibility index (Phi) is 6.87. The number of halogens is 2. The van der Waals surface area contributed by atoms with Crippen molar-refractivity contribution >= 4 is 22.8 Å². The summed E-state index contributed by atoms with van der Waals surface area (Å²) < 4.78 is 37.5. The van der Waals surface area contributed by atoms with Crippen LogP contribution in [-0.2, 0) is 11.3 Å². The Morgan fingerprint density at radius 1 is 1.03 bits per heavy atom. The third-order valence-electron chi connectivity index (χ3n) is 6.43. The summed E-state index contributed by atoms with van der Waals surface area (Å²) in [4.78, 5) is 19.6. The maximum absolute atomic E-state index is 14.9. The first-order valence-corrected chi connectivity index (χ1v) is 12.5. The van der Waals surface area contributed by atoms with Crippen LogP contribution in [-0.4, -0.2) is 54.7 Å². The predicted molar refractivity (Wildman–Crippen MR) is 139 cm³/mol. The molecule has 0 saturated carbocycles.